The fraction of sp³-hybridized carbons (Fsp3) is 0.350. The summed E-state index contributed by atoms with van der Waals surface area (Å²) in [6, 6.07) is 17.4. The van der Waals surface area contributed by atoms with Crippen molar-refractivity contribution in [2.24, 2.45) is 5.92 Å². The zero-order valence-electron chi connectivity index (χ0n) is 14.3. The molecule has 0 aliphatic carbocycles. The SMILES string of the molecule is COc1ccc([C@H]2ON([C@H](C)c3ccccc3)[C@@H]3C(=O)OC[C@H]23)cc1. The van der Waals surface area contributed by atoms with E-state index in [0.29, 0.717) is 6.61 Å². The lowest BCUT2D eigenvalue weighted by molar-refractivity contribution is -0.202. The Kier molecular flexibility index (Phi) is 4.19. The summed E-state index contributed by atoms with van der Waals surface area (Å²) in [5, 5.41) is 1.81. The van der Waals surface area contributed by atoms with E-state index in [2.05, 4.69) is 0 Å². The minimum atomic E-state index is -0.373. The number of fused-ring (bicyclic) bond motifs is 1. The van der Waals surface area contributed by atoms with Crippen molar-refractivity contribution in [1.82, 2.24) is 5.06 Å². The molecule has 2 saturated heterocycles. The van der Waals surface area contributed by atoms with E-state index in [-0.39, 0.29) is 30.1 Å². The molecule has 2 aromatic rings. The average Bonchev–Trinajstić information content (AvgIpc) is 3.23. The van der Waals surface area contributed by atoms with Gasteiger partial charge in [0.1, 0.15) is 17.9 Å². The van der Waals surface area contributed by atoms with Crippen LogP contribution >= 0.6 is 0 Å². The van der Waals surface area contributed by atoms with Gasteiger partial charge in [-0.3, -0.25) is 9.63 Å². The van der Waals surface area contributed by atoms with E-state index >= 15 is 0 Å². The Hall–Kier alpha value is -2.37. The Balaban J connectivity index is 1.64. The van der Waals surface area contributed by atoms with Gasteiger partial charge >= 0.3 is 5.97 Å². The van der Waals surface area contributed by atoms with Crippen LogP contribution in [0.1, 0.15) is 30.2 Å². The van der Waals surface area contributed by atoms with E-state index in [4.69, 9.17) is 14.3 Å². The van der Waals surface area contributed by atoms with E-state index in [1.165, 1.54) is 0 Å². The summed E-state index contributed by atoms with van der Waals surface area (Å²) in [5.41, 5.74) is 2.13. The Morgan fingerprint density at radius 1 is 1.12 bits per heavy atom. The topological polar surface area (TPSA) is 48.0 Å². The molecule has 4 rings (SSSR count). The number of rotatable bonds is 4. The number of ether oxygens (including phenoxy) is 2. The lowest BCUT2D eigenvalue weighted by Crippen LogP contribution is -2.37. The first kappa shape index (κ1) is 16.1. The van der Waals surface area contributed by atoms with Crippen molar-refractivity contribution in [2.45, 2.75) is 25.1 Å². The van der Waals surface area contributed by atoms with Gasteiger partial charge in [-0.2, -0.15) is 5.06 Å². The molecule has 25 heavy (non-hydrogen) atoms. The quantitative estimate of drug-likeness (QED) is 0.800. The van der Waals surface area contributed by atoms with E-state index in [0.717, 1.165) is 16.9 Å². The normalized spacial score (nSPS) is 27.0. The first-order chi connectivity index (χ1) is 12.2. The summed E-state index contributed by atoms with van der Waals surface area (Å²) in [6.07, 6.45) is -0.200. The second-order valence-electron chi connectivity index (χ2n) is 6.48. The minimum Gasteiger partial charge on any atom is -0.497 e. The fourth-order valence-electron chi connectivity index (χ4n) is 3.66. The molecule has 4 atom stereocenters. The third kappa shape index (κ3) is 2.79. The van der Waals surface area contributed by atoms with Crippen molar-refractivity contribution >= 4 is 5.97 Å². The molecule has 0 N–H and O–H groups in total. The van der Waals surface area contributed by atoms with Crippen LogP contribution in [-0.4, -0.2) is 30.8 Å². The van der Waals surface area contributed by atoms with Crippen LogP contribution in [0, 0.1) is 5.92 Å². The highest BCUT2D eigenvalue weighted by Gasteiger charge is 2.54. The van der Waals surface area contributed by atoms with E-state index in [1.54, 1.807) is 7.11 Å². The number of hydrogen-bond donors (Lipinski definition) is 0. The van der Waals surface area contributed by atoms with Gasteiger partial charge in [0.2, 0.25) is 0 Å². The summed E-state index contributed by atoms with van der Waals surface area (Å²) < 4.78 is 10.6. The first-order valence-corrected chi connectivity index (χ1v) is 8.49. The van der Waals surface area contributed by atoms with E-state index in [1.807, 2.05) is 66.6 Å². The maximum Gasteiger partial charge on any atom is 0.326 e. The third-order valence-corrected chi connectivity index (χ3v) is 5.07. The van der Waals surface area contributed by atoms with Crippen molar-refractivity contribution in [3.05, 3.63) is 65.7 Å². The van der Waals surface area contributed by atoms with Crippen LogP contribution in [0.2, 0.25) is 0 Å². The van der Waals surface area contributed by atoms with E-state index < -0.39 is 0 Å². The molecule has 0 unspecified atom stereocenters. The third-order valence-electron chi connectivity index (χ3n) is 5.07. The smallest absolute Gasteiger partial charge is 0.326 e. The molecule has 0 bridgehead atoms. The van der Waals surface area contributed by atoms with Gasteiger partial charge in [-0.05, 0) is 30.2 Å². The standard InChI is InChI=1S/C20H21NO4/c1-13(14-6-4-3-5-7-14)21-18-17(12-24-20(18)22)19(25-21)15-8-10-16(23-2)11-9-15/h3-11,13,17-19H,12H2,1-2H3/t13-,17+,18+,19-/m1/s1. The molecular weight excluding hydrogens is 318 g/mol. The summed E-state index contributed by atoms with van der Waals surface area (Å²) in [7, 11) is 1.64. The number of cyclic esters (lactones) is 1. The zero-order valence-corrected chi connectivity index (χ0v) is 14.3. The fourth-order valence-corrected chi connectivity index (χ4v) is 3.66. The molecule has 0 aromatic heterocycles. The highest BCUT2D eigenvalue weighted by Crippen LogP contribution is 2.46. The monoisotopic (exact) mass is 339 g/mol. The highest BCUT2D eigenvalue weighted by atomic mass is 16.7. The molecule has 2 heterocycles. The second-order valence-corrected chi connectivity index (χ2v) is 6.48. The van der Waals surface area contributed by atoms with Crippen molar-refractivity contribution in [1.29, 1.82) is 0 Å². The maximum absolute atomic E-state index is 12.3. The van der Waals surface area contributed by atoms with Gasteiger partial charge in [0.05, 0.1) is 25.7 Å². The molecule has 2 aromatic carbocycles. The molecule has 0 spiro atoms. The molecule has 0 saturated carbocycles. The number of esters is 1. The Bertz CT molecular complexity index is 746. The maximum atomic E-state index is 12.3. The second kappa shape index (κ2) is 6.50. The number of hydrogen-bond acceptors (Lipinski definition) is 5. The number of benzene rings is 2. The van der Waals surface area contributed by atoms with Gasteiger partial charge in [0.15, 0.2) is 0 Å². The number of methoxy groups -OCH3 is 1. The van der Waals surface area contributed by atoms with Crippen LogP contribution in [0.15, 0.2) is 54.6 Å². The average molecular weight is 339 g/mol. The summed E-state index contributed by atoms with van der Waals surface area (Å²) in [4.78, 5) is 18.6. The Morgan fingerprint density at radius 2 is 1.84 bits per heavy atom. The lowest BCUT2D eigenvalue weighted by Gasteiger charge is -2.27. The summed E-state index contributed by atoms with van der Waals surface area (Å²) in [5.74, 6) is 0.586. The molecule has 5 heteroatoms. The molecule has 2 fully saturated rings. The summed E-state index contributed by atoms with van der Waals surface area (Å²) in [6.45, 7) is 2.44. The van der Waals surface area contributed by atoms with Gasteiger partial charge < -0.3 is 9.47 Å². The first-order valence-electron chi connectivity index (χ1n) is 8.49. The van der Waals surface area contributed by atoms with Crippen molar-refractivity contribution in [2.75, 3.05) is 13.7 Å². The largest absolute Gasteiger partial charge is 0.497 e. The molecular formula is C20H21NO4. The molecule has 2 aliphatic rings. The molecule has 130 valence electrons. The van der Waals surface area contributed by atoms with Crippen LogP contribution in [0.4, 0.5) is 0 Å². The number of nitrogens with zero attached hydrogens (tertiary/aromatic N) is 1. The van der Waals surface area contributed by atoms with Gasteiger partial charge in [-0.1, -0.05) is 42.5 Å². The van der Waals surface area contributed by atoms with Crippen LogP contribution in [0.25, 0.3) is 0 Å². The van der Waals surface area contributed by atoms with Gasteiger partial charge in [0.25, 0.3) is 0 Å². The number of carbonyl (C=O) groups excluding carboxylic acids is 1. The van der Waals surface area contributed by atoms with Crippen molar-refractivity contribution in [3.63, 3.8) is 0 Å². The van der Waals surface area contributed by atoms with Gasteiger partial charge in [0, 0.05) is 0 Å². The molecule has 5 nitrogen and oxygen atoms in total. The van der Waals surface area contributed by atoms with Crippen LogP contribution in [0.5, 0.6) is 5.75 Å². The molecule has 0 amide bonds. The molecule has 2 aliphatic heterocycles. The van der Waals surface area contributed by atoms with Crippen LogP contribution < -0.4 is 4.74 Å². The highest BCUT2D eigenvalue weighted by molar-refractivity contribution is 5.78. The summed E-state index contributed by atoms with van der Waals surface area (Å²) >= 11 is 0. The van der Waals surface area contributed by atoms with Crippen LogP contribution in [-0.2, 0) is 14.4 Å². The molecule has 0 radical (unpaired) electrons. The van der Waals surface area contributed by atoms with E-state index in [9.17, 15) is 4.79 Å². The number of hydroxylamine groups is 2. The van der Waals surface area contributed by atoms with Crippen molar-refractivity contribution < 1.29 is 19.1 Å². The Morgan fingerprint density at radius 3 is 2.52 bits per heavy atom. The predicted molar refractivity (Wildman–Crippen MR) is 91.8 cm³/mol. The zero-order chi connectivity index (χ0) is 17.4. The minimum absolute atomic E-state index is 0.00735. The van der Waals surface area contributed by atoms with Gasteiger partial charge in [-0.25, -0.2) is 0 Å². The Labute approximate surface area is 147 Å². The lowest BCUT2D eigenvalue weighted by atomic mass is 9.92. The number of carbonyl (C=O) groups is 1. The van der Waals surface area contributed by atoms with Crippen molar-refractivity contribution in [3.8, 4) is 5.75 Å². The predicted octanol–water partition coefficient (Wildman–Crippen LogP) is 3.29. The van der Waals surface area contributed by atoms with Gasteiger partial charge in [-0.15, -0.1) is 0 Å². The van der Waals surface area contributed by atoms with Crippen LogP contribution in [0.3, 0.4) is 0 Å².